The molecule has 0 saturated carbocycles. The molecule has 0 aromatic rings. The zero-order valence-corrected chi connectivity index (χ0v) is 10.7. The van der Waals surface area contributed by atoms with Gasteiger partial charge in [0.1, 0.15) is 0 Å². The summed E-state index contributed by atoms with van der Waals surface area (Å²) < 4.78 is 11.5. The lowest BCUT2D eigenvalue weighted by Gasteiger charge is -2.29. The molecule has 80 valence electrons. The van der Waals surface area contributed by atoms with Crippen LogP contribution in [0.4, 0.5) is 0 Å². The van der Waals surface area contributed by atoms with Crippen molar-refractivity contribution in [2.45, 2.75) is 51.1 Å². The molecule has 1 saturated heterocycles. The van der Waals surface area contributed by atoms with Crippen LogP contribution in [0.1, 0.15) is 20.3 Å². The SMILES string of the molecule is CC1(C)CC(C#N)(O[Si](C)(C)C)CO1. The van der Waals surface area contributed by atoms with Crippen molar-refractivity contribution in [1.29, 1.82) is 5.26 Å². The molecule has 1 heterocycles. The molecular weight excluding hydrogens is 194 g/mol. The van der Waals surface area contributed by atoms with Crippen molar-refractivity contribution in [2.24, 2.45) is 0 Å². The van der Waals surface area contributed by atoms with Crippen molar-refractivity contribution in [3.63, 3.8) is 0 Å². The van der Waals surface area contributed by atoms with Crippen molar-refractivity contribution in [3.05, 3.63) is 0 Å². The number of hydrogen-bond acceptors (Lipinski definition) is 3. The van der Waals surface area contributed by atoms with Crippen LogP contribution in [0.15, 0.2) is 0 Å². The Morgan fingerprint density at radius 1 is 1.36 bits per heavy atom. The Balaban J connectivity index is 2.77. The zero-order chi connectivity index (χ0) is 11.0. The molecule has 4 heteroatoms. The summed E-state index contributed by atoms with van der Waals surface area (Å²) in [5.41, 5.74) is -0.927. The molecule has 0 N–H and O–H groups in total. The highest BCUT2D eigenvalue weighted by Gasteiger charge is 2.47. The Bertz CT molecular complexity index is 264. The topological polar surface area (TPSA) is 42.2 Å². The molecule has 0 spiro atoms. The van der Waals surface area contributed by atoms with Gasteiger partial charge in [0.25, 0.3) is 0 Å². The first-order valence-corrected chi connectivity index (χ1v) is 8.34. The van der Waals surface area contributed by atoms with E-state index >= 15 is 0 Å². The lowest BCUT2D eigenvalue weighted by atomic mass is 9.95. The first kappa shape index (κ1) is 11.7. The number of nitriles is 1. The van der Waals surface area contributed by atoms with Crippen LogP contribution in [-0.4, -0.2) is 26.1 Å². The fourth-order valence-electron chi connectivity index (χ4n) is 1.85. The third-order valence-electron chi connectivity index (χ3n) is 2.11. The second kappa shape index (κ2) is 3.33. The van der Waals surface area contributed by atoms with Crippen LogP contribution in [0.3, 0.4) is 0 Å². The minimum absolute atomic E-state index is 0.227. The molecule has 0 aliphatic carbocycles. The predicted molar refractivity (Wildman–Crippen MR) is 57.4 cm³/mol. The minimum Gasteiger partial charge on any atom is -0.398 e. The van der Waals surface area contributed by atoms with Gasteiger partial charge in [-0.1, -0.05) is 0 Å². The maximum atomic E-state index is 9.18. The minimum atomic E-state index is -1.68. The van der Waals surface area contributed by atoms with Gasteiger partial charge >= 0.3 is 0 Å². The van der Waals surface area contributed by atoms with E-state index in [2.05, 4.69) is 25.7 Å². The lowest BCUT2D eigenvalue weighted by molar-refractivity contribution is 0.0255. The predicted octanol–water partition coefficient (Wildman–Crippen LogP) is 2.30. The Morgan fingerprint density at radius 3 is 2.21 bits per heavy atom. The van der Waals surface area contributed by atoms with Crippen molar-refractivity contribution in [1.82, 2.24) is 0 Å². The second-order valence-electron chi connectivity index (χ2n) is 5.55. The Morgan fingerprint density at radius 2 is 1.93 bits per heavy atom. The normalized spacial score (nSPS) is 31.4. The quantitative estimate of drug-likeness (QED) is 0.661. The van der Waals surface area contributed by atoms with Crippen LogP contribution in [0, 0.1) is 11.3 Å². The van der Waals surface area contributed by atoms with E-state index in [0.717, 1.165) is 0 Å². The first-order chi connectivity index (χ1) is 6.18. The van der Waals surface area contributed by atoms with E-state index in [1.54, 1.807) is 0 Å². The summed E-state index contributed by atoms with van der Waals surface area (Å²) in [5, 5.41) is 9.18. The third-order valence-corrected chi connectivity index (χ3v) is 3.12. The summed E-state index contributed by atoms with van der Waals surface area (Å²) in [6.07, 6.45) is 0.667. The fraction of sp³-hybridized carbons (Fsp3) is 0.900. The van der Waals surface area contributed by atoms with Gasteiger partial charge in [-0.15, -0.1) is 0 Å². The lowest BCUT2D eigenvalue weighted by Crippen LogP contribution is -2.42. The van der Waals surface area contributed by atoms with Gasteiger partial charge in [-0.3, -0.25) is 0 Å². The van der Waals surface area contributed by atoms with E-state index in [1.807, 2.05) is 13.8 Å². The van der Waals surface area contributed by atoms with E-state index in [4.69, 9.17) is 9.16 Å². The van der Waals surface area contributed by atoms with Crippen LogP contribution < -0.4 is 0 Å². The van der Waals surface area contributed by atoms with Crippen LogP contribution in [0.25, 0.3) is 0 Å². The molecule has 3 nitrogen and oxygen atoms in total. The van der Waals surface area contributed by atoms with Crippen molar-refractivity contribution >= 4 is 8.32 Å². The number of rotatable bonds is 2. The molecule has 1 atom stereocenters. The largest absolute Gasteiger partial charge is 0.398 e. The molecule has 0 aromatic carbocycles. The van der Waals surface area contributed by atoms with Crippen LogP contribution in [0.2, 0.25) is 19.6 Å². The maximum absolute atomic E-state index is 9.18. The van der Waals surface area contributed by atoms with Crippen LogP contribution in [0.5, 0.6) is 0 Å². The molecule has 0 amide bonds. The Kier molecular flexibility index (Phi) is 2.79. The van der Waals surface area contributed by atoms with Gasteiger partial charge in [-0.05, 0) is 33.5 Å². The molecule has 1 rings (SSSR count). The average Bonchev–Trinajstić information content (AvgIpc) is 2.24. The van der Waals surface area contributed by atoms with Crippen molar-refractivity contribution < 1.29 is 9.16 Å². The zero-order valence-electron chi connectivity index (χ0n) is 9.68. The smallest absolute Gasteiger partial charge is 0.186 e. The summed E-state index contributed by atoms with van der Waals surface area (Å²) in [7, 11) is -1.68. The highest BCUT2D eigenvalue weighted by molar-refractivity contribution is 6.69. The van der Waals surface area contributed by atoms with Gasteiger partial charge in [-0.25, -0.2) is 0 Å². The average molecular weight is 213 g/mol. The highest BCUT2D eigenvalue weighted by Crippen LogP contribution is 2.36. The van der Waals surface area contributed by atoms with Gasteiger partial charge in [0, 0.05) is 6.42 Å². The fourth-order valence-corrected chi connectivity index (χ4v) is 3.20. The van der Waals surface area contributed by atoms with Crippen LogP contribution >= 0.6 is 0 Å². The number of nitrogens with zero attached hydrogens (tertiary/aromatic N) is 1. The van der Waals surface area contributed by atoms with Gasteiger partial charge in [0.2, 0.25) is 0 Å². The Hall–Kier alpha value is -0.373. The van der Waals surface area contributed by atoms with E-state index < -0.39 is 13.9 Å². The van der Waals surface area contributed by atoms with Gasteiger partial charge in [-0.2, -0.15) is 5.26 Å². The van der Waals surface area contributed by atoms with Crippen molar-refractivity contribution in [2.75, 3.05) is 6.61 Å². The summed E-state index contributed by atoms with van der Waals surface area (Å²) >= 11 is 0. The summed E-state index contributed by atoms with van der Waals surface area (Å²) in [4.78, 5) is 0. The molecule has 14 heavy (non-hydrogen) atoms. The standard InChI is InChI=1S/C10H19NO2Si/c1-9(2)6-10(7-11,8-12-9)13-14(3,4)5/h6,8H2,1-5H3. The van der Waals surface area contributed by atoms with E-state index in [0.29, 0.717) is 13.0 Å². The number of ether oxygens (including phenoxy) is 1. The van der Waals surface area contributed by atoms with Gasteiger partial charge < -0.3 is 9.16 Å². The van der Waals surface area contributed by atoms with Crippen molar-refractivity contribution in [3.8, 4) is 6.07 Å². The van der Waals surface area contributed by atoms with Crippen LogP contribution in [-0.2, 0) is 9.16 Å². The third kappa shape index (κ3) is 2.81. The van der Waals surface area contributed by atoms with Gasteiger partial charge in [0.15, 0.2) is 13.9 Å². The summed E-state index contributed by atoms with van der Waals surface area (Å²) in [6.45, 7) is 10.7. The summed E-state index contributed by atoms with van der Waals surface area (Å²) in [6, 6.07) is 2.28. The maximum Gasteiger partial charge on any atom is 0.186 e. The first-order valence-electron chi connectivity index (χ1n) is 4.94. The summed E-state index contributed by atoms with van der Waals surface area (Å²) in [5.74, 6) is 0. The number of hydrogen-bond donors (Lipinski definition) is 0. The molecule has 1 aliphatic heterocycles. The molecule has 1 fully saturated rings. The molecular formula is C10H19NO2Si. The molecule has 0 radical (unpaired) electrons. The monoisotopic (exact) mass is 213 g/mol. The molecule has 1 unspecified atom stereocenters. The molecule has 1 aliphatic rings. The molecule has 0 bridgehead atoms. The van der Waals surface area contributed by atoms with E-state index in [1.165, 1.54) is 0 Å². The van der Waals surface area contributed by atoms with E-state index in [9.17, 15) is 5.26 Å². The van der Waals surface area contributed by atoms with E-state index in [-0.39, 0.29) is 5.60 Å². The Labute approximate surface area is 87.1 Å². The van der Waals surface area contributed by atoms with Gasteiger partial charge in [0.05, 0.1) is 18.3 Å². The molecule has 0 aromatic heterocycles. The highest BCUT2D eigenvalue weighted by atomic mass is 28.4. The second-order valence-corrected chi connectivity index (χ2v) is 9.97.